The van der Waals surface area contributed by atoms with Crippen LogP contribution in [-0.4, -0.2) is 22.0 Å². The van der Waals surface area contributed by atoms with Crippen LogP contribution in [0.5, 0.6) is 0 Å². The van der Waals surface area contributed by atoms with E-state index in [2.05, 4.69) is 10.3 Å². The average Bonchev–Trinajstić information content (AvgIpc) is 2.97. The van der Waals surface area contributed by atoms with Crippen molar-refractivity contribution in [2.75, 3.05) is 0 Å². The summed E-state index contributed by atoms with van der Waals surface area (Å²) in [7, 11) is 0. The van der Waals surface area contributed by atoms with Gasteiger partial charge in [-0.3, -0.25) is 9.59 Å². The van der Waals surface area contributed by atoms with Crippen molar-refractivity contribution < 1.29 is 14.7 Å². The van der Waals surface area contributed by atoms with Crippen LogP contribution in [0.3, 0.4) is 0 Å². The van der Waals surface area contributed by atoms with Gasteiger partial charge in [-0.15, -0.1) is 11.3 Å². The van der Waals surface area contributed by atoms with Gasteiger partial charge in [-0.1, -0.05) is 12.8 Å². The predicted octanol–water partition coefficient (Wildman–Crippen LogP) is 2.18. The Bertz CT molecular complexity index is 439. The van der Waals surface area contributed by atoms with Crippen molar-refractivity contribution in [1.82, 2.24) is 10.3 Å². The second-order valence-corrected chi connectivity index (χ2v) is 5.93. The van der Waals surface area contributed by atoms with Crippen LogP contribution in [-0.2, 0) is 16.1 Å². The zero-order valence-corrected chi connectivity index (χ0v) is 11.5. The van der Waals surface area contributed by atoms with Crippen molar-refractivity contribution >= 4 is 23.2 Å². The molecule has 2 rings (SSSR count). The Morgan fingerprint density at radius 1 is 1.37 bits per heavy atom. The number of nitrogens with one attached hydrogen (secondary N) is 1. The maximum absolute atomic E-state index is 12.0. The fourth-order valence-corrected chi connectivity index (χ4v) is 3.34. The maximum Gasteiger partial charge on any atom is 0.303 e. The molecule has 1 amide bonds. The quantitative estimate of drug-likeness (QED) is 0.838. The van der Waals surface area contributed by atoms with E-state index in [-0.39, 0.29) is 17.7 Å². The molecule has 0 aliphatic heterocycles. The van der Waals surface area contributed by atoms with E-state index in [9.17, 15) is 9.59 Å². The van der Waals surface area contributed by atoms with Crippen LogP contribution in [0.1, 0.15) is 44.2 Å². The highest BCUT2D eigenvalue weighted by Gasteiger charge is 2.37. The largest absolute Gasteiger partial charge is 0.481 e. The molecule has 0 aromatic carbocycles. The number of hydrogen-bond acceptors (Lipinski definition) is 4. The van der Waals surface area contributed by atoms with Crippen molar-refractivity contribution in [2.24, 2.45) is 5.41 Å². The number of amides is 1. The minimum atomic E-state index is -0.811. The second kappa shape index (κ2) is 6.14. The lowest BCUT2D eigenvalue weighted by molar-refractivity contribution is -0.140. The molecule has 0 spiro atoms. The van der Waals surface area contributed by atoms with E-state index in [1.54, 1.807) is 5.51 Å². The zero-order chi connectivity index (χ0) is 13.7. The van der Waals surface area contributed by atoms with E-state index < -0.39 is 5.97 Å². The van der Waals surface area contributed by atoms with Gasteiger partial charge in [0.15, 0.2) is 0 Å². The fourth-order valence-electron chi connectivity index (χ4n) is 2.78. The van der Waals surface area contributed by atoms with Gasteiger partial charge in [0.2, 0.25) is 5.91 Å². The summed E-state index contributed by atoms with van der Waals surface area (Å²) in [5.74, 6) is -0.884. The first kappa shape index (κ1) is 14.0. The van der Waals surface area contributed by atoms with Crippen molar-refractivity contribution in [2.45, 2.75) is 45.1 Å². The minimum absolute atomic E-state index is 0.0730. The van der Waals surface area contributed by atoms with Crippen LogP contribution in [0.25, 0.3) is 0 Å². The first-order valence-corrected chi connectivity index (χ1v) is 7.39. The van der Waals surface area contributed by atoms with Crippen LogP contribution in [0.4, 0.5) is 0 Å². The summed E-state index contributed by atoms with van der Waals surface area (Å²) in [6.07, 6.45) is 4.12. The second-order valence-electron chi connectivity index (χ2n) is 5.21. The van der Waals surface area contributed by atoms with Gasteiger partial charge in [-0.05, 0) is 18.3 Å². The molecule has 1 aromatic rings. The number of aromatic nitrogens is 1. The smallest absolute Gasteiger partial charge is 0.303 e. The Hall–Kier alpha value is -1.43. The summed E-state index contributed by atoms with van der Waals surface area (Å²) in [5, 5.41) is 13.7. The highest BCUT2D eigenvalue weighted by molar-refractivity contribution is 7.07. The molecule has 5 nitrogen and oxygen atoms in total. The van der Waals surface area contributed by atoms with Crippen LogP contribution < -0.4 is 5.32 Å². The number of carboxylic acids is 1. The van der Waals surface area contributed by atoms with E-state index in [1.165, 1.54) is 11.3 Å². The summed E-state index contributed by atoms with van der Waals surface area (Å²) in [6, 6.07) is 0. The third kappa shape index (κ3) is 4.02. The summed E-state index contributed by atoms with van der Waals surface area (Å²) < 4.78 is 0. The van der Waals surface area contributed by atoms with Crippen LogP contribution >= 0.6 is 11.3 Å². The molecule has 6 heteroatoms. The van der Waals surface area contributed by atoms with Gasteiger partial charge in [0.25, 0.3) is 0 Å². The van der Waals surface area contributed by atoms with Gasteiger partial charge in [0.1, 0.15) is 0 Å². The number of rotatable bonds is 6. The topological polar surface area (TPSA) is 79.3 Å². The van der Waals surface area contributed by atoms with E-state index in [0.29, 0.717) is 13.0 Å². The molecule has 1 aliphatic rings. The third-order valence-corrected chi connectivity index (χ3v) is 4.31. The Morgan fingerprint density at radius 3 is 2.68 bits per heavy atom. The minimum Gasteiger partial charge on any atom is -0.481 e. The predicted molar refractivity (Wildman–Crippen MR) is 71.7 cm³/mol. The molecule has 1 aliphatic carbocycles. The highest BCUT2D eigenvalue weighted by Crippen LogP contribution is 2.43. The van der Waals surface area contributed by atoms with Gasteiger partial charge in [0.05, 0.1) is 24.2 Å². The lowest BCUT2D eigenvalue weighted by Gasteiger charge is -2.26. The molecule has 1 fully saturated rings. The van der Waals surface area contributed by atoms with E-state index >= 15 is 0 Å². The summed E-state index contributed by atoms with van der Waals surface area (Å²) >= 11 is 1.49. The summed E-state index contributed by atoms with van der Waals surface area (Å²) in [6.45, 7) is 0.422. The molecule has 1 saturated carbocycles. The Balaban J connectivity index is 1.86. The number of nitrogens with zero attached hydrogens (tertiary/aromatic N) is 1. The SMILES string of the molecule is O=C(O)CC1(CC(=O)NCc2cscn2)CCCC1. The van der Waals surface area contributed by atoms with Crippen molar-refractivity contribution in [3.8, 4) is 0 Å². The number of carbonyl (C=O) groups is 2. The molecule has 1 aromatic heterocycles. The molecule has 104 valence electrons. The molecule has 0 unspecified atom stereocenters. The van der Waals surface area contributed by atoms with Gasteiger partial charge >= 0.3 is 5.97 Å². The molecule has 1 heterocycles. The Labute approximate surface area is 116 Å². The summed E-state index contributed by atoms with van der Waals surface area (Å²) in [4.78, 5) is 27.0. The van der Waals surface area contributed by atoms with Gasteiger partial charge in [0, 0.05) is 11.8 Å². The number of carboxylic acid groups (broad SMARTS) is 1. The van der Waals surface area contributed by atoms with Crippen molar-refractivity contribution in [3.05, 3.63) is 16.6 Å². The van der Waals surface area contributed by atoms with Gasteiger partial charge < -0.3 is 10.4 Å². The summed E-state index contributed by atoms with van der Waals surface area (Å²) in [5.41, 5.74) is 2.24. The molecule has 0 atom stereocenters. The van der Waals surface area contributed by atoms with E-state index in [0.717, 1.165) is 31.4 Å². The van der Waals surface area contributed by atoms with Crippen molar-refractivity contribution in [1.29, 1.82) is 0 Å². The molecule has 19 heavy (non-hydrogen) atoms. The normalized spacial score (nSPS) is 17.3. The van der Waals surface area contributed by atoms with Crippen LogP contribution in [0, 0.1) is 5.41 Å². The van der Waals surface area contributed by atoms with Crippen LogP contribution in [0.2, 0.25) is 0 Å². The lowest BCUT2D eigenvalue weighted by Crippen LogP contribution is -2.31. The first-order valence-electron chi connectivity index (χ1n) is 6.45. The standard InChI is InChI=1S/C13H18N2O3S/c16-11(14-7-10-8-19-9-15-10)5-13(6-12(17)18)3-1-2-4-13/h8-9H,1-7H2,(H,14,16)(H,17,18). The van der Waals surface area contributed by atoms with E-state index in [4.69, 9.17) is 5.11 Å². The molecular formula is C13H18N2O3S. The number of carbonyl (C=O) groups excluding carboxylic acids is 1. The van der Waals surface area contributed by atoms with Gasteiger partial charge in [-0.2, -0.15) is 0 Å². The van der Waals surface area contributed by atoms with E-state index in [1.807, 2.05) is 5.38 Å². The molecule has 0 saturated heterocycles. The average molecular weight is 282 g/mol. The first-order chi connectivity index (χ1) is 9.10. The molecule has 0 radical (unpaired) electrons. The molecule has 2 N–H and O–H groups in total. The fraction of sp³-hybridized carbons (Fsp3) is 0.615. The number of aliphatic carboxylic acids is 1. The maximum atomic E-state index is 12.0. The number of hydrogen-bond donors (Lipinski definition) is 2. The lowest BCUT2D eigenvalue weighted by atomic mass is 9.79. The monoisotopic (exact) mass is 282 g/mol. The highest BCUT2D eigenvalue weighted by atomic mass is 32.1. The Kier molecular flexibility index (Phi) is 4.52. The zero-order valence-electron chi connectivity index (χ0n) is 10.7. The van der Waals surface area contributed by atoms with Gasteiger partial charge in [-0.25, -0.2) is 4.98 Å². The molecule has 0 bridgehead atoms. The molecular weight excluding hydrogens is 264 g/mol. The number of thiazole rings is 1. The Morgan fingerprint density at radius 2 is 2.11 bits per heavy atom. The van der Waals surface area contributed by atoms with Crippen molar-refractivity contribution in [3.63, 3.8) is 0 Å². The van der Waals surface area contributed by atoms with Crippen LogP contribution in [0.15, 0.2) is 10.9 Å². The third-order valence-electron chi connectivity index (χ3n) is 3.68.